The number of esters is 1. The van der Waals surface area contributed by atoms with Gasteiger partial charge in [0.2, 0.25) is 0 Å². The number of alkyl halides is 3. The van der Waals surface area contributed by atoms with Gasteiger partial charge in [0, 0.05) is 0 Å². The molecule has 2 N–H and O–H groups in total. The van der Waals surface area contributed by atoms with Crippen LogP contribution in [0.1, 0.15) is 22.0 Å². The molecule has 1 atom stereocenters. The molecule has 0 aromatic heterocycles. The molecule has 0 radical (unpaired) electrons. The lowest BCUT2D eigenvalue weighted by Crippen LogP contribution is -2.20. The van der Waals surface area contributed by atoms with E-state index in [0.717, 1.165) is 25.3 Å². The standard InChI is InChI=1S/C10H9F3O4/c1-17-9(16)6-4-5(2-3-7(6)14)8(15)10(11,12)13/h2-4,8,14-15H,1H3. The predicted molar refractivity (Wildman–Crippen MR) is 50.5 cm³/mol. The van der Waals surface area contributed by atoms with Gasteiger partial charge in [0.15, 0.2) is 6.10 Å². The zero-order chi connectivity index (χ0) is 13.2. The summed E-state index contributed by atoms with van der Waals surface area (Å²) in [6.07, 6.45) is -7.56. The maximum atomic E-state index is 12.2. The van der Waals surface area contributed by atoms with Gasteiger partial charge in [0.1, 0.15) is 11.3 Å². The van der Waals surface area contributed by atoms with Gasteiger partial charge >= 0.3 is 12.1 Å². The fourth-order valence-electron chi connectivity index (χ4n) is 1.19. The summed E-state index contributed by atoms with van der Waals surface area (Å²) in [6, 6.07) is 2.50. The van der Waals surface area contributed by atoms with Gasteiger partial charge < -0.3 is 14.9 Å². The first-order valence-corrected chi connectivity index (χ1v) is 4.43. The van der Waals surface area contributed by atoms with Crippen LogP contribution in [-0.4, -0.2) is 29.5 Å². The highest BCUT2D eigenvalue weighted by Gasteiger charge is 2.39. The molecule has 1 unspecified atom stereocenters. The Bertz CT molecular complexity index is 428. The number of carbonyl (C=O) groups excluding carboxylic acids is 1. The molecular weight excluding hydrogens is 241 g/mol. The van der Waals surface area contributed by atoms with Gasteiger partial charge in [-0.05, 0) is 17.7 Å². The molecule has 17 heavy (non-hydrogen) atoms. The topological polar surface area (TPSA) is 66.8 Å². The highest BCUT2D eigenvalue weighted by molar-refractivity contribution is 5.92. The Morgan fingerprint density at radius 3 is 2.47 bits per heavy atom. The van der Waals surface area contributed by atoms with Crippen LogP contribution in [-0.2, 0) is 4.74 Å². The third-order valence-corrected chi connectivity index (χ3v) is 2.05. The van der Waals surface area contributed by atoms with Crippen molar-refractivity contribution in [2.45, 2.75) is 12.3 Å². The number of ether oxygens (including phenoxy) is 1. The van der Waals surface area contributed by atoms with Crippen LogP contribution in [0, 0.1) is 0 Å². The first-order valence-electron chi connectivity index (χ1n) is 4.43. The summed E-state index contributed by atoms with van der Waals surface area (Å²) in [4.78, 5) is 11.1. The van der Waals surface area contributed by atoms with Crippen LogP contribution in [0.5, 0.6) is 5.75 Å². The van der Waals surface area contributed by atoms with Gasteiger partial charge in [-0.2, -0.15) is 13.2 Å². The molecule has 1 rings (SSSR count). The number of phenolic OH excluding ortho intramolecular Hbond substituents is 1. The van der Waals surface area contributed by atoms with Crippen LogP contribution in [0.2, 0.25) is 0 Å². The van der Waals surface area contributed by atoms with E-state index in [1.54, 1.807) is 0 Å². The summed E-state index contributed by atoms with van der Waals surface area (Å²) in [5.41, 5.74) is -0.982. The molecule has 1 aromatic carbocycles. The van der Waals surface area contributed by atoms with Crippen molar-refractivity contribution in [3.05, 3.63) is 29.3 Å². The molecule has 0 amide bonds. The summed E-state index contributed by atoms with van der Waals surface area (Å²) >= 11 is 0. The maximum Gasteiger partial charge on any atom is 0.418 e. The number of aliphatic hydroxyl groups excluding tert-OH is 1. The number of methoxy groups -OCH3 is 1. The normalized spacial score (nSPS) is 13.2. The number of aliphatic hydroxyl groups is 1. The van der Waals surface area contributed by atoms with E-state index < -0.39 is 35.1 Å². The van der Waals surface area contributed by atoms with E-state index in [2.05, 4.69) is 4.74 Å². The average Bonchev–Trinajstić information content (AvgIpc) is 2.26. The van der Waals surface area contributed by atoms with E-state index in [1.165, 1.54) is 0 Å². The molecule has 0 aliphatic carbocycles. The molecule has 4 nitrogen and oxygen atoms in total. The number of hydrogen-bond donors (Lipinski definition) is 2. The molecule has 0 bridgehead atoms. The molecule has 7 heteroatoms. The van der Waals surface area contributed by atoms with Crippen LogP contribution in [0.25, 0.3) is 0 Å². The van der Waals surface area contributed by atoms with Crippen LogP contribution in [0.15, 0.2) is 18.2 Å². The molecular formula is C10H9F3O4. The summed E-state index contributed by atoms with van der Waals surface area (Å²) in [5.74, 6) is -1.51. The van der Waals surface area contributed by atoms with Crippen molar-refractivity contribution in [3.63, 3.8) is 0 Å². The van der Waals surface area contributed by atoms with Crippen molar-refractivity contribution in [2.24, 2.45) is 0 Å². The number of rotatable bonds is 2. The highest BCUT2D eigenvalue weighted by Crippen LogP contribution is 2.34. The van der Waals surface area contributed by atoms with E-state index in [0.29, 0.717) is 0 Å². The molecule has 0 spiro atoms. The van der Waals surface area contributed by atoms with Crippen molar-refractivity contribution in [1.82, 2.24) is 0 Å². The van der Waals surface area contributed by atoms with Gasteiger partial charge in [0.05, 0.1) is 7.11 Å². The molecule has 0 fully saturated rings. The lowest BCUT2D eigenvalue weighted by molar-refractivity contribution is -0.206. The van der Waals surface area contributed by atoms with Gasteiger partial charge in [-0.3, -0.25) is 0 Å². The van der Waals surface area contributed by atoms with Crippen LogP contribution >= 0.6 is 0 Å². The summed E-state index contributed by atoms with van der Waals surface area (Å²) in [6.45, 7) is 0. The Kier molecular flexibility index (Phi) is 3.62. The van der Waals surface area contributed by atoms with Gasteiger partial charge in [0.25, 0.3) is 0 Å². The van der Waals surface area contributed by atoms with E-state index in [4.69, 9.17) is 5.11 Å². The van der Waals surface area contributed by atoms with Gasteiger partial charge in [-0.25, -0.2) is 4.79 Å². The van der Waals surface area contributed by atoms with E-state index in [9.17, 15) is 23.1 Å². The third kappa shape index (κ3) is 2.88. The number of hydrogen-bond acceptors (Lipinski definition) is 4. The summed E-state index contributed by atoms with van der Waals surface area (Å²) < 4.78 is 40.9. The Hall–Kier alpha value is -1.76. The fourth-order valence-corrected chi connectivity index (χ4v) is 1.19. The van der Waals surface area contributed by atoms with E-state index in [1.807, 2.05) is 0 Å². The van der Waals surface area contributed by atoms with Crippen molar-refractivity contribution >= 4 is 5.97 Å². The van der Waals surface area contributed by atoms with E-state index in [-0.39, 0.29) is 0 Å². The molecule has 0 saturated heterocycles. The second kappa shape index (κ2) is 4.62. The highest BCUT2D eigenvalue weighted by atomic mass is 19.4. The van der Waals surface area contributed by atoms with Crippen molar-refractivity contribution in [3.8, 4) is 5.75 Å². The first-order chi connectivity index (χ1) is 7.77. The average molecular weight is 250 g/mol. The molecule has 0 saturated carbocycles. The van der Waals surface area contributed by atoms with Crippen LogP contribution in [0.3, 0.4) is 0 Å². The minimum absolute atomic E-state index is 0.437. The smallest absolute Gasteiger partial charge is 0.418 e. The minimum atomic E-state index is -4.84. The van der Waals surface area contributed by atoms with Crippen molar-refractivity contribution in [2.75, 3.05) is 7.11 Å². The number of aromatic hydroxyl groups is 1. The minimum Gasteiger partial charge on any atom is -0.507 e. The number of carbonyl (C=O) groups is 1. The number of benzene rings is 1. The second-order valence-electron chi connectivity index (χ2n) is 3.21. The molecule has 0 aliphatic heterocycles. The molecule has 0 aliphatic rings. The quantitative estimate of drug-likeness (QED) is 0.785. The number of halogens is 3. The van der Waals surface area contributed by atoms with Gasteiger partial charge in [-0.1, -0.05) is 6.07 Å². The third-order valence-electron chi connectivity index (χ3n) is 2.05. The predicted octanol–water partition coefficient (Wildman–Crippen LogP) is 1.77. The van der Waals surface area contributed by atoms with Gasteiger partial charge in [-0.15, -0.1) is 0 Å². The van der Waals surface area contributed by atoms with Crippen molar-refractivity contribution in [1.29, 1.82) is 0 Å². The van der Waals surface area contributed by atoms with Crippen LogP contribution in [0.4, 0.5) is 13.2 Å². The Labute approximate surface area is 94.3 Å². The zero-order valence-electron chi connectivity index (χ0n) is 8.65. The first kappa shape index (κ1) is 13.3. The zero-order valence-corrected chi connectivity index (χ0v) is 8.65. The summed E-state index contributed by atoms with van der Waals surface area (Å²) in [5, 5.41) is 18.2. The largest absolute Gasteiger partial charge is 0.507 e. The molecule has 94 valence electrons. The van der Waals surface area contributed by atoms with Crippen molar-refractivity contribution < 1.29 is 32.9 Å². The fraction of sp³-hybridized carbons (Fsp3) is 0.300. The lowest BCUT2D eigenvalue weighted by atomic mass is 10.0. The maximum absolute atomic E-state index is 12.2. The second-order valence-corrected chi connectivity index (χ2v) is 3.21. The Morgan fingerprint density at radius 1 is 1.41 bits per heavy atom. The molecule has 0 heterocycles. The lowest BCUT2D eigenvalue weighted by Gasteiger charge is -2.15. The Balaban J connectivity index is 3.17. The monoisotopic (exact) mass is 250 g/mol. The Morgan fingerprint density at radius 2 is 2.00 bits per heavy atom. The summed E-state index contributed by atoms with van der Waals surface area (Å²) in [7, 11) is 1.02. The SMILES string of the molecule is COC(=O)c1cc(C(O)C(F)(F)F)ccc1O. The number of phenols is 1. The van der Waals surface area contributed by atoms with E-state index >= 15 is 0 Å². The molecule has 1 aromatic rings. The van der Waals surface area contributed by atoms with Crippen LogP contribution < -0.4 is 0 Å².